The van der Waals surface area contributed by atoms with Gasteiger partial charge in [0.05, 0.1) is 19.9 Å². The van der Waals surface area contributed by atoms with Crippen LogP contribution in [0.15, 0.2) is 101 Å². The van der Waals surface area contributed by atoms with Crippen molar-refractivity contribution in [3.63, 3.8) is 0 Å². The maximum atomic E-state index is 13.7. The van der Waals surface area contributed by atoms with Crippen LogP contribution in [-0.4, -0.2) is 43.4 Å². The van der Waals surface area contributed by atoms with Gasteiger partial charge >= 0.3 is 11.9 Å². The second-order valence-electron chi connectivity index (χ2n) is 7.32. The van der Waals surface area contributed by atoms with Crippen molar-refractivity contribution in [2.24, 2.45) is 15.6 Å². The first-order chi connectivity index (χ1) is 16.5. The Balaban J connectivity index is 2.11. The molecule has 0 radical (unpaired) electrons. The van der Waals surface area contributed by atoms with E-state index in [9.17, 15) is 14.4 Å². The van der Waals surface area contributed by atoms with E-state index in [1.807, 2.05) is 18.2 Å². The van der Waals surface area contributed by atoms with Gasteiger partial charge in [-0.1, -0.05) is 78.9 Å². The van der Waals surface area contributed by atoms with Gasteiger partial charge in [-0.05, 0) is 23.3 Å². The molecule has 1 heterocycles. The summed E-state index contributed by atoms with van der Waals surface area (Å²) in [7, 11) is 2.21. The number of nitrogens with zero attached hydrogens (tertiary/aromatic N) is 3. The fraction of sp³-hybridized carbons (Fsp3) is 0.115. The van der Waals surface area contributed by atoms with E-state index in [1.165, 1.54) is 5.12 Å². The summed E-state index contributed by atoms with van der Waals surface area (Å²) >= 11 is 0. The minimum absolute atomic E-state index is 0.00643. The van der Waals surface area contributed by atoms with Crippen molar-refractivity contribution in [1.29, 1.82) is 0 Å². The lowest BCUT2D eigenvalue weighted by Crippen LogP contribution is -2.58. The minimum atomic E-state index is -2.30. The van der Waals surface area contributed by atoms with Gasteiger partial charge in [0.1, 0.15) is 11.4 Å². The summed E-state index contributed by atoms with van der Waals surface area (Å²) in [6.07, 6.45) is 0. The molecule has 8 heteroatoms. The number of para-hydroxylation sites is 1. The number of carbonyl (C=O) groups is 3. The molecule has 3 aromatic rings. The number of ether oxygens (including phenoxy) is 2. The van der Waals surface area contributed by atoms with Crippen molar-refractivity contribution in [2.45, 2.75) is 0 Å². The molecule has 8 nitrogen and oxygen atoms in total. The van der Waals surface area contributed by atoms with Crippen LogP contribution in [0, 0.1) is 5.41 Å². The highest BCUT2D eigenvalue weighted by Gasteiger charge is 2.61. The molecular formula is C26H21N3O5. The maximum Gasteiger partial charge on any atom is 0.376 e. The second kappa shape index (κ2) is 9.50. The highest BCUT2D eigenvalue weighted by Crippen LogP contribution is 2.37. The van der Waals surface area contributed by atoms with Crippen molar-refractivity contribution >= 4 is 34.8 Å². The van der Waals surface area contributed by atoms with Crippen LogP contribution in [0.2, 0.25) is 0 Å². The number of Topliss-reactive ketones (excluding diaryl/α,β-unsaturated/α-hetero) is 1. The predicted octanol–water partition coefficient (Wildman–Crippen LogP) is 3.22. The highest BCUT2D eigenvalue weighted by molar-refractivity contribution is 6.57. The Labute approximate surface area is 196 Å². The van der Waals surface area contributed by atoms with Crippen LogP contribution in [0.5, 0.6) is 0 Å². The maximum absolute atomic E-state index is 13.7. The number of rotatable bonds is 6. The lowest BCUT2D eigenvalue weighted by molar-refractivity contribution is -0.160. The highest BCUT2D eigenvalue weighted by atomic mass is 16.5. The Morgan fingerprint density at radius 1 is 0.676 bits per heavy atom. The van der Waals surface area contributed by atoms with Crippen molar-refractivity contribution in [1.82, 2.24) is 0 Å². The topological polar surface area (TPSA) is 97.6 Å². The van der Waals surface area contributed by atoms with Crippen LogP contribution in [0.1, 0.15) is 11.1 Å². The van der Waals surface area contributed by atoms with E-state index in [-0.39, 0.29) is 11.4 Å². The largest absolute Gasteiger partial charge is 0.468 e. The van der Waals surface area contributed by atoms with Crippen molar-refractivity contribution in [3.8, 4) is 0 Å². The molecule has 0 atom stereocenters. The van der Waals surface area contributed by atoms with Gasteiger partial charge in [-0.15, -0.1) is 0 Å². The molecular weight excluding hydrogens is 434 g/mol. The number of methoxy groups -OCH3 is 2. The summed E-state index contributed by atoms with van der Waals surface area (Å²) in [5.41, 5.74) is -0.839. The Hall–Kier alpha value is -4.59. The molecule has 0 N–H and O–H groups in total. The zero-order valence-electron chi connectivity index (χ0n) is 18.5. The summed E-state index contributed by atoms with van der Waals surface area (Å²) in [5.74, 6) is -3.37. The molecule has 34 heavy (non-hydrogen) atoms. The number of hydrazone groups is 2. The molecule has 1 aliphatic heterocycles. The summed E-state index contributed by atoms with van der Waals surface area (Å²) < 4.78 is 9.85. The molecule has 1 aliphatic rings. The van der Waals surface area contributed by atoms with Gasteiger partial charge in [-0.3, -0.25) is 9.59 Å². The fourth-order valence-corrected chi connectivity index (χ4v) is 3.79. The number of ketones is 1. The summed E-state index contributed by atoms with van der Waals surface area (Å²) in [4.78, 5) is 39.9. The molecule has 4 rings (SSSR count). The number of hydrogen-bond donors (Lipinski definition) is 0. The van der Waals surface area contributed by atoms with E-state index in [0.717, 1.165) is 14.2 Å². The Morgan fingerprint density at radius 3 is 1.53 bits per heavy atom. The van der Waals surface area contributed by atoms with E-state index < -0.39 is 23.1 Å². The third-order valence-corrected chi connectivity index (χ3v) is 5.38. The first-order valence-electron chi connectivity index (χ1n) is 10.4. The average molecular weight is 455 g/mol. The number of carbonyl (C=O) groups excluding carboxylic acids is 3. The van der Waals surface area contributed by atoms with E-state index in [0.29, 0.717) is 16.8 Å². The van der Waals surface area contributed by atoms with Crippen molar-refractivity contribution in [2.75, 3.05) is 19.3 Å². The van der Waals surface area contributed by atoms with Crippen LogP contribution in [0.4, 0.5) is 5.69 Å². The number of benzene rings is 3. The summed E-state index contributed by atoms with van der Waals surface area (Å²) in [6.45, 7) is 0. The van der Waals surface area contributed by atoms with Crippen LogP contribution in [0.25, 0.3) is 0 Å². The normalized spacial score (nSPS) is 14.5. The van der Waals surface area contributed by atoms with Crippen LogP contribution in [0.3, 0.4) is 0 Å². The van der Waals surface area contributed by atoms with Gasteiger partial charge in [0, 0.05) is 0 Å². The monoisotopic (exact) mass is 455 g/mol. The van der Waals surface area contributed by atoms with Crippen LogP contribution in [-0.2, 0) is 23.9 Å². The van der Waals surface area contributed by atoms with Crippen LogP contribution < -0.4 is 5.12 Å². The van der Waals surface area contributed by atoms with Crippen LogP contribution >= 0.6 is 0 Å². The lowest BCUT2D eigenvalue weighted by atomic mass is 9.69. The number of anilines is 1. The van der Waals surface area contributed by atoms with Gasteiger partial charge in [-0.2, -0.15) is 15.3 Å². The van der Waals surface area contributed by atoms with Crippen molar-refractivity contribution < 1.29 is 23.9 Å². The van der Waals surface area contributed by atoms with E-state index >= 15 is 0 Å². The van der Waals surface area contributed by atoms with Gasteiger partial charge in [0.25, 0.3) is 5.78 Å². The van der Waals surface area contributed by atoms with Gasteiger partial charge in [0.2, 0.25) is 5.41 Å². The van der Waals surface area contributed by atoms with Gasteiger partial charge in [-0.25, -0.2) is 4.79 Å². The smallest absolute Gasteiger partial charge is 0.376 e. The average Bonchev–Trinajstić information content (AvgIpc) is 2.92. The van der Waals surface area contributed by atoms with Crippen molar-refractivity contribution in [3.05, 3.63) is 102 Å². The molecule has 170 valence electrons. The molecule has 3 aromatic carbocycles. The standard InChI is InChI=1S/C26H21N3O5/c1-33-24(31)23(30)26(25(32)34-2)21(18-12-6-3-7-13-18)27-29(20-16-10-5-11-17-20)28-22(26)19-14-8-4-9-15-19/h3-17H,1-2H3. The van der Waals surface area contributed by atoms with Gasteiger partial charge in [0.15, 0.2) is 0 Å². The Morgan fingerprint density at radius 2 is 1.12 bits per heavy atom. The third-order valence-electron chi connectivity index (χ3n) is 5.38. The Kier molecular flexibility index (Phi) is 6.31. The van der Waals surface area contributed by atoms with E-state index in [2.05, 4.69) is 10.2 Å². The second-order valence-corrected chi connectivity index (χ2v) is 7.32. The zero-order valence-corrected chi connectivity index (χ0v) is 18.5. The number of esters is 2. The van der Waals surface area contributed by atoms with E-state index in [1.54, 1.807) is 72.8 Å². The minimum Gasteiger partial charge on any atom is -0.468 e. The summed E-state index contributed by atoms with van der Waals surface area (Å²) in [5, 5.41) is 10.5. The SMILES string of the molecule is COC(=O)C(=O)C1(C(=O)OC)C(c2ccccc2)=NN(c2ccccc2)N=C1c1ccccc1. The molecule has 0 spiro atoms. The quantitative estimate of drug-likeness (QED) is 0.322. The molecule has 0 saturated carbocycles. The molecule has 0 aromatic heterocycles. The molecule has 0 fully saturated rings. The third kappa shape index (κ3) is 3.75. The zero-order chi connectivity index (χ0) is 24.1. The predicted molar refractivity (Wildman–Crippen MR) is 126 cm³/mol. The molecule has 0 aliphatic carbocycles. The molecule has 0 saturated heterocycles. The summed E-state index contributed by atoms with van der Waals surface area (Å²) in [6, 6.07) is 26.3. The lowest BCUT2D eigenvalue weighted by Gasteiger charge is -2.36. The molecule has 0 bridgehead atoms. The fourth-order valence-electron chi connectivity index (χ4n) is 3.79. The first kappa shape index (κ1) is 22.6. The first-order valence-corrected chi connectivity index (χ1v) is 10.4. The Bertz CT molecular complexity index is 1210. The molecule has 0 amide bonds. The number of hydrogen-bond acceptors (Lipinski definition) is 8. The van der Waals surface area contributed by atoms with Gasteiger partial charge < -0.3 is 9.47 Å². The molecule has 0 unspecified atom stereocenters. The van der Waals surface area contributed by atoms with E-state index in [4.69, 9.17) is 9.47 Å².